The second kappa shape index (κ2) is 8.75. The van der Waals surface area contributed by atoms with Crippen molar-refractivity contribution in [1.29, 1.82) is 5.41 Å². The Hall–Kier alpha value is -2.38. The Labute approximate surface area is 166 Å². The Bertz CT molecular complexity index is 865. The fourth-order valence-electron chi connectivity index (χ4n) is 2.29. The topological polar surface area (TPSA) is 71.5 Å². The van der Waals surface area contributed by atoms with Gasteiger partial charge in [-0.25, -0.2) is 0 Å². The minimum atomic E-state index is -4.50. The van der Waals surface area contributed by atoms with Crippen LogP contribution in [-0.4, -0.2) is 23.3 Å². The van der Waals surface area contributed by atoms with E-state index in [0.29, 0.717) is 27.5 Å². The lowest BCUT2D eigenvalue weighted by molar-refractivity contribution is -0.267. The largest absolute Gasteiger partial charge is 0.416 e. The Kier molecular flexibility index (Phi) is 6.85. The molecule has 0 heterocycles. The van der Waals surface area contributed by atoms with E-state index in [4.69, 9.17) is 27.5 Å². The van der Waals surface area contributed by atoms with E-state index in [9.17, 15) is 13.2 Å². The van der Waals surface area contributed by atoms with E-state index in [1.165, 1.54) is 6.07 Å². The Morgan fingerprint density at radius 3 is 2.36 bits per heavy atom. The van der Waals surface area contributed by atoms with Crippen molar-refractivity contribution >= 4 is 28.8 Å². The number of benzene rings is 2. The predicted octanol–water partition coefficient (Wildman–Crippen LogP) is 5.64. The minimum Gasteiger partial charge on any atom is -0.387 e. The first-order valence-electron chi connectivity index (χ1n) is 8.44. The van der Waals surface area contributed by atoms with Crippen molar-refractivity contribution < 1.29 is 17.9 Å². The average molecular weight is 412 g/mol. The number of nitrogens with one attached hydrogen (secondary N) is 1. The van der Waals surface area contributed by atoms with Crippen molar-refractivity contribution in [3.8, 4) is 0 Å². The highest BCUT2D eigenvalue weighted by Gasteiger charge is 2.48. The third kappa shape index (κ3) is 6.07. The van der Waals surface area contributed by atoms with Crippen molar-refractivity contribution in [2.24, 2.45) is 10.7 Å². The first kappa shape index (κ1) is 21.9. The molecule has 0 radical (unpaired) electrons. The quantitative estimate of drug-likeness (QED) is 0.457. The van der Waals surface area contributed by atoms with Gasteiger partial charge in [0.1, 0.15) is 0 Å². The van der Waals surface area contributed by atoms with Gasteiger partial charge in [-0.3, -0.25) is 10.4 Å². The molecule has 0 unspecified atom stereocenters. The lowest BCUT2D eigenvalue weighted by atomic mass is 10.0. The van der Waals surface area contributed by atoms with Crippen LogP contribution in [0.2, 0.25) is 5.02 Å². The van der Waals surface area contributed by atoms with E-state index in [-0.39, 0.29) is 18.9 Å². The van der Waals surface area contributed by atoms with Crippen LogP contribution >= 0.6 is 11.6 Å². The molecule has 2 aromatic rings. The lowest BCUT2D eigenvalue weighted by Crippen LogP contribution is -2.41. The third-order valence-corrected chi connectivity index (χ3v) is 4.17. The maximum absolute atomic E-state index is 13.0. The number of hydrogen-bond acceptors (Lipinski definition) is 3. The monoisotopic (exact) mass is 411 g/mol. The number of alkyl halides is 3. The van der Waals surface area contributed by atoms with Crippen LogP contribution < -0.4 is 5.73 Å². The highest BCUT2D eigenvalue weighted by Crippen LogP contribution is 2.34. The standard InChI is InChI=1S/C20H21ClF3N3O/c1-19(2,20(22,23)24)28-12-13-8-14(10-15(21)9-13)17(11-18(25)26)27-16-6-4-3-5-7-16/h3-10H,11-12H2,1-2H3,(H3,25,26). The van der Waals surface area contributed by atoms with Crippen LogP contribution in [-0.2, 0) is 11.3 Å². The number of aliphatic imine (C=N–C) groups is 1. The van der Waals surface area contributed by atoms with Gasteiger partial charge >= 0.3 is 6.18 Å². The first-order chi connectivity index (χ1) is 13.0. The summed E-state index contributed by atoms with van der Waals surface area (Å²) in [5, 5.41) is 7.92. The van der Waals surface area contributed by atoms with E-state index in [1.807, 2.05) is 18.2 Å². The number of hydrogen-bond donors (Lipinski definition) is 2. The zero-order valence-electron chi connectivity index (χ0n) is 15.5. The molecule has 0 aromatic heterocycles. The van der Waals surface area contributed by atoms with Crippen LogP contribution in [0.4, 0.5) is 18.9 Å². The molecule has 4 nitrogen and oxygen atoms in total. The second-order valence-corrected chi connectivity index (χ2v) is 7.18. The SMILES string of the molecule is CC(C)(OCc1cc(Cl)cc(C(CC(=N)N)=Nc2ccccc2)c1)C(F)(F)F. The molecule has 0 atom stereocenters. The van der Waals surface area contributed by atoms with E-state index in [1.54, 1.807) is 24.3 Å². The van der Waals surface area contributed by atoms with Gasteiger partial charge in [0.05, 0.1) is 23.8 Å². The van der Waals surface area contributed by atoms with Crippen molar-refractivity contribution in [3.05, 3.63) is 64.7 Å². The molecule has 0 amide bonds. The number of para-hydroxylation sites is 1. The second-order valence-electron chi connectivity index (χ2n) is 6.74. The summed E-state index contributed by atoms with van der Waals surface area (Å²) in [6, 6.07) is 13.9. The van der Waals surface area contributed by atoms with Crippen LogP contribution in [0, 0.1) is 5.41 Å². The number of nitrogens with zero attached hydrogens (tertiary/aromatic N) is 1. The van der Waals surface area contributed by atoms with Gasteiger partial charge in [-0.2, -0.15) is 13.2 Å². The number of ether oxygens (including phenoxy) is 1. The summed E-state index contributed by atoms with van der Waals surface area (Å²) < 4.78 is 44.1. The minimum absolute atomic E-state index is 0.0730. The number of amidine groups is 1. The van der Waals surface area contributed by atoms with Crippen LogP contribution in [0.3, 0.4) is 0 Å². The summed E-state index contributed by atoms with van der Waals surface area (Å²) in [6.45, 7) is 1.66. The van der Waals surface area contributed by atoms with Crippen LogP contribution in [0.5, 0.6) is 0 Å². The molecule has 0 saturated carbocycles. The molecular formula is C20H21ClF3N3O. The van der Waals surface area contributed by atoms with E-state index in [2.05, 4.69) is 4.99 Å². The Morgan fingerprint density at radius 2 is 1.79 bits per heavy atom. The molecule has 0 aliphatic carbocycles. The summed E-state index contributed by atoms with van der Waals surface area (Å²) in [5.41, 5.74) is 5.42. The molecule has 0 fully saturated rings. The van der Waals surface area contributed by atoms with Crippen molar-refractivity contribution in [1.82, 2.24) is 0 Å². The fraction of sp³-hybridized carbons (Fsp3) is 0.300. The highest BCUT2D eigenvalue weighted by atomic mass is 35.5. The van der Waals surface area contributed by atoms with Gasteiger partial charge in [0.15, 0.2) is 5.60 Å². The van der Waals surface area contributed by atoms with Gasteiger partial charge in [0.2, 0.25) is 0 Å². The summed E-state index contributed by atoms with van der Waals surface area (Å²) >= 11 is 6.16. The maximum atomic E-state index is 13.0. The predicted molar refractivity (Wildman–Crippen MR) is 106 cm³/mol. The first-order valence-corrected chi connectivity index (χ1v) is 8.82. The summed E-state index contributed by atoms with van der Waals surface area (Å²) in [4.78, 5) is 4.52. The molecule has 0 spiro atoms. The Balaban J connectivity index is 2.35. The molecule has 0 saturated heterocycles. The Morgan fingerprint density at radius 1 is 1.14 bits per heavy atom. The zero-order valence-corrected chi connectivity index (χ0v) is 16.2. The summed E-state index contributed by atoms with van der Waals surface area (Å²) in [5.74, 6) is -0.0920. The van der Waals surface area contributed by atoms with Gasteiger partial charge in [0, 0.05) is 11.4 Å². The van der Waals surface area contributed by atoms with Crippen molar-refractivity contribution in [3.63, 3.8) is 0 Å². The van der Waals surface area contributed by atoms with Crippen LogP contribution in [0.25, 0.3) is 0 Å². The lowest BCUT2D eigenvalue weighted by Gasteiger charge is -2.28. The van der Waals surface area contributed by atoms with Gasteiger partial charge in [0.25, 0.3) is 0 Å². The molecular weight excluding hydrogens is 391 g/mol. The molecule has 28 heavy (non-hydrogen) atoms. The number of nitrogens with two attached hydrogens (primary N) is 1. The average Bonchev–Trinajstić information content (AvgIpc) is 2.58. The van der Waals surface area contributed by atoms with Gasteiger partial charge in [-0.15, -0.1) is 0 Å². The normalized spacial score (nSPS) is 12.9. The third-order valence-electron chi connectivity index (χ3n) is 3.95. The highest BCUT2D eigenvalue weighted by molar-refractivity contribution is 6.31. The molecule has 0 aliphatic heterocycles. The number of rotatable bonds is 7. The smallest absolute Gasteiger partial charge is 0.387 e. The molecule has 2 aromatic carbocycles. The molecule has 0 aliphatic rings. The van der Waals surface area contributed by atoms with Crippen molar-refractivity contribution in [2.75, 3.05) is 0 Å². The maximum Gasteiger partial charge on any atom is 0.416 e. The van der Waals surface area contributed by atoms with E-state index in [0.717, 1.165) is 13.8 Å². The summed E-state index contributed by atoms with van der Waals surface area (Å²) in [6.07, 6.45) is -4.42. The molecule has 2 rings (SSSR count). The number of halogens is 4. The van der Waals surface area contributed by atoms with Gasteiger partial charge < -0.3 is 10.5 Å². The molecule has 3 N–H and O–H groups in total. The van der Waals surface area contributed by atoms with Gasteiger partial charge in [-0.1, -0.05) is 29.8 Å². The van der Waals surface area contributed by atoms with Crippen molar-refractivity contribution in [2.45, 2.75) is 38.7 Å². The van der Waals surface area contributed by atoms with Crippen LogP contribution in [0.15, 0.2) is 53.5 Å². The summed E-state index contributed by atoms with van der Waals surface area (Å²) in [7, 11) is 0. The molecule has 150 valence electrons. The molecule has 0 bridgehead atoms. The van der Waals surface area contributed by atoms with Gasteiger partial charge in [-0.05, 0) is 55.3 Å². The van der Waals surface area contributed by atoms with Crippen LogP contribution in [0.1, 0.15) is 31.4 Å². The molecule has 8 heteroatoms. The van der Waals surface area contributed by atoms with E-state index >= 15 is 0 Å². The zero-order chi connectivity index (χ0) is 20.9. The fourth-order valence-corrected chi connectivity index (χ4v) is 2.55. The van der Waals surface area contributed by atoms with E-state index < -0.39 is 11.8 Å².